The average molecular weight is 753 g/mol. The monoisotopic (exact) mass is 753 g/mol. The average Bonchev–Trinajstić information content (AvgIpc) is 3.10. The first-order valence-electron chi connectivity index (χ1n) is 15.8. The van der Waals surface area contributed by atoms with E-state index in [1.54, 1.807) is 28.5 Å². The van der Waals surface area contributed by atoms with Crippen LogP contribution in [0.25, 0.3) is 33.6 Å². The molecule has 225 valence electrons. The summed E-state index contributed by atoms with van der Waals surface area (Å²) in [6.45, 7) is 0. The fourth-order valence-electron chi connectivity index (χ4n) is 8.12. The van der Waals surface area contributed by atoms with Crippen LogP contribution in [0.15, 0.2) is 97.3 Å². The molecule has 4 bridgehead atoms. The Labute approximate surface area is 276 Å². The van der Waals surface area contributed by atoms with Crippen molar-refractivity contribution in [3.8, 4) is 33.6 Å². The first kappa shape index (κ1) is 30.6. The van der Waals surface area contributed by atoms with Gasteiger partial charge in [-0.15, -0.1) is 70.8 Å². The van der Waals surface area contributed by atoms with Crippen molar-refractivity contribution < 1.29 is 20.1 Å². The molecule has 6 aliphatic rings. The molecule has 2 aromatic heterocycles. The second-order valence-electron chi connectivity index (χ2n) is 12.6. The smallest absolute Gasteiger partial charge is 0.0166 e. The first-order chi connectivity index (χ1) is 20.8. The SMILES string of the molecule is C.[Ir].[c-]1cc2c(cc1-c1cc(-c3ccc4c(c3)C3CCC4CC3)ccn1)C1CCC2CC1.[c-]1ccccc1-c1ccccn1. The molecule has 2 fully saturated rings. The van der Waals surface area contributed by atoms with Crippen molar-refractivity contribution in [3.05, 3.63) is 132 Å². The van der Waals surface area contributed by atoms with Gasteiger partial charge in [0.1, 0.15) is 0 Å². The molecule has 0 unspecified atom stereocenters. The number of rotatable bonds is 3. The molecule has 0 spiro atoms. The van der Waals surface area contributed by atoms with E-state index in [0.717, 1.165) is 40.6 Å². The van der Waals surface area contributed by atoms with Crippen molar-refractivity contribution in [3.63, 3.8) is 0 Å². The number of hydrogen-bond acceptors (Lipinski definition) is 2. The molecule has 0 aliphatic heterocycles. The number of hydrogen-bond donors (Lipinski definition) is 0. The molecule has 11 rings (SSSR count). The Morgan fingerprint density at radius 3 is 1.82 bits per heavy atom. The van der Waals surface area contributed by atoms with Gasteiger partial charge in [-0.2, -0.15) is 0 Å². The molecule has 2 nitrogen and oxygen atoms in total. The van der Waals surface area contributed by atoms with Crippen LogP contribution >= 0.6 is 0 Å². The number of nitrogens with zero attached hydrogens (tertiary/aromatic N) is 2. The van der Waals surface area contributed by atoms with E-state index in [9.17, 15) is 0 Å². The molecule has 6 aliphatic carbocycles. The fraction of sp³-hybridized carbons (Fsp3) is 0.317. The van der Waals surface area contributed by atoms with Gasteiger partial charge in [0.2, 0.25) is 0 Å². The number of fused-ring (bicyclic) bond motifs is 4. The Morgan fingerprint density at radius 2 is 1.14 bits per heavy atom. The van der Waals surface area contributed by atoms with E-state index in [4.69, 9.17) is 4.98 Å². The maximum atomic E-state index is 4.74. The maximum Gasteiger partial charge on any atom is 0.0166 e. The summed E-state index contributed by atoms with van der Waals surface area (Å²) in [6, 6.07) is 36.8. The molecule has 0 N–H and O–H groups in total. The van der Waals surface area contributed by atoms with Crippen LogP contribution in [0.5, 0.6) is 0 Å². The number of aromatic nitrogens is 2. The summed E-state index contributed by atoms with van der Waals surface area (Å²) in [4.78, 5) is 8.96. The minimum absolute atomic E-state index is 0. The Bertz CT molecular complexity index is 1570. The predicted molar refractivity (Wildman–Crippen MR) is 177 cm³/mol. The largest absolute Gasteiger partial charge is 0.305 e. The summed E-state index contributed by atoms with van der Waals surface area (Å²) in [5.41, 5.74) is 13.3. The third-order valence-electron chi connectivity index (χ3n) is 10.3. The zero-order chi connectivity index (χ0) is 27.9. The predicted octanol–water partition coefficient (Wildman–Crippen LogP) is 10.9. The molecule has 2 saturated carbocycles. The summed E-state index contributed by atoms with van der Waals surface area (Å²) in [5, 5.41) is 0. The van der Waals surface area contributed by atoms with Gasteiger partial charge in [0.05, 0.1) is 0 Å². The van der Waals surface area contributed by atoms with Gasteiger partial charge < -0.3 is 9.97 Å². The quantitative estimate of drug-likeness (QED) is 0.172. The molecular weight excluding hydrogens is 713 g/mol. The van der Waals surface area contributed by atoms with Gasteiger partial charge in [0, 0.05) is 32.5 Å². The van der Waals surface area contributed by atoms with E-state index in [-0.39, 0.29) is 27.5 Å². The van der Waals surface area contributed by atoms with Crippen LogP contribution in [0.2, 0.25) is 0 Å². The standard InChI is InChI=1S/C29H28N.C11H8N.CH4.Ir/c1-5-20-6-2-18(1)25-11-9-22(15-27(20)25)23-13-14-30-29(17-23)24-10-12-26-19-3-7-21(8-4-19)28(26)16-24;1-2-6-10(7-3-1)11-8-4-5-9-12-11;;/h9,11-21H,1-8H2;1-6,8-9H;1H4;/q2*-1;;. The van der Waals surface area contributed by atoms with Crippen LogP contribution in [-0.2, 0) is 20.1 Å². The van der Waals surface area contributed by atoms with Crippen molar-refractivity contribution in [2.45, 2.75) is 82.5 Å². The van der Waals surface area contributed by atoms with E-state index in [1.165, 1.54) is 68.1 Å². The molecular formula is C41H40IrN2-2. The Balaban J connectivity index is 0.000000208. The first-order valence-corrected chi connectivity index (χ1v) is 15.8. The molecule has 0 atom stereocenters. The van der Waals surface area contributed by atoms with Crippen LogP contribution in [0.4, 0.5) is 0 Å². The van der Waals surface area contributed by atoms with Crippen LogP contribution in [0.3, 0.4) is 0 Å². The van der Waals surface area contributed by atoms with Crippen molar-refractivity contribution >= 4 is 0 Å². The van der Waals surface area contributed by atoms with Crippen molar-refractivity contribution in [1.29, 1.82) is 0 Å². The molecule has 44 heavy (non-hydrogen) atoms. The molecule has 3 aromatic carbocycles. The zero-order valence-corrected chi connectivity index (χ0v) is 26.8. The van der Waals surface area contributed by atoms with Crippen LogP contribution in [-0.4, -0.2) is 9.97 Å². The van der Waals surface area contributed by atoms with E-state index in [0.29, 0.717) is 0 Å². The van der Waals surface area contributed by atoms with Gasteiger partial charge in [-0.05, 0) is 102 Å². The van der Waals surface area contributed by atoms with Crippen molar-refractivity contribution in [2.24, 2.45) is 0 Å². The Kier molecular flexibility index (Phi) is 9.26. The second-order valence-corrected chi connectivity index (χ2v) is 12.6. The van der Waals surface area contributed by atoms with Gasteiger partial charge in [-0.3, -0.25) is 0 Å². The van der Waals surface area contributed by atoms with Gasteiger partial charge in [-0.25, -0.2) is 0 Å². The third kappa shape index (κ3) is 5.85. The van der Waals surface area contributed by atoms with E-state index in [1.807, 2.05) is 48.7 Å². The summed E-state index contributed by atoms with van der Waals surface area (Å²) < 4.78 is 0. The molecule has 3 heteroatoms. The van der Waals surface area contributed by atoms with E-state index >= 15 is 0 Å². The summed E-state index contributed by atoms with van der Waals surface area (Å²) in [6.07, 6.45) is 14.8. The fourth-order valence-corrected chi connectivity index (χ4v) is 8.12. The summed E-state index contributed by atoms with van der Waals surface area (Å²) >= 11 is 0. The molecule has 5 aromatic rings. The van der Waals surface area contributed by atoms with Crippen LogP contribution in [0, 0.1) is 12.1 Å². The van der Waals surface area contributed by atoms with Crippen molar-refractivity contribution in [1.82, 2.24) is 9.97 Å². The normalized spacial score (nSPS) is 21.9. The zero-order valence-electron chi connectivity index (χ0n) is 24.4. The van der Waals surface area contributed by atoms with Gasteiger partial charge in [0.25, 0.3) is 0 Å². The van der Waals surface area contributed by atoms with Crippen LogP contribution < -0.4 is 0 Å². The van der Waals surface area contributed by atoms with Crippen molar-refractivity contribution in [2.75, 3.05) is 0 Å². The summed E-state index contributed by atoms with van der Waals surface area (Å²) in [7, 11) is 0. The number of pyridine rings is 2. The second kappa shape index (κ2) is 13.3. The van der Waals surface area contributed by atoms with Crippen LogP contribution in [0.1, 0.15) is 105 Å². The maximum absolute atomic E-state index is 4.74. The summed E-state index contributed by atoms with van der Waals surface area (Å²) in [5.74, 6) is 3.14. The Morgan fingerprint density at radius 1 is 0.500 bits per heavy atom. The molecule has 2 heterocycles. The van der Waals surface area contributed by atoms with Gasteiger partial charge in [0.15, 0.2) is 0 Å². The topological polar surface area (TPSA) is 25.8 Å². The van der Waals surface area contributed by atoms with Gasteiger partial charge in [-0.1, -0.05) is 62.6 Å². The molecule has 1 radical (unpaired) electrons. The van der Waals surface area contributed by atoms with E-state index < -0.39 is 0 Å². The van der Waals surface area contributed by atoms with E-state index in [2.05, 4.69) is 59.6 Å². The molecule has 0 saturated heterocycles. The minimum atomic E-state index is 0. The minimum Gasteiger partial charge on any atom is -0.305 e. The molecule has 0 amide bonds. The number of benzene rings is 3. The Hall–Kier alpha value is -3.39. The van der Waals surface area contributed by atoms with Gasteiger partial charge >= 0.3 is 0 Å². The third-order valence-corrected chi connectivity index (χ3v) is 10.3.